The fourth-order valence-corrected chi connectivity index (χ4v) is 3.46. The molecule has 3 aliphatic rings. The number of nitrogens with one attached hydrogen (secondary N) is 2. The SMILES string of the molecule is O=C(NC1CC2CNC1C2)c1cc2c(cn1)OCC2. The lowest BCUT2D eigenvalue weighted by Crippen LogP contribution is -2.48. The summed E-state index contributed by atoms with van der Waals surface area (Å²) in [4.78, 5) is 16.4. The number of amides is 1. The van der Waals surface area contributed by atoms with E-state index >= 15 is 0 Å². The molecule has 4 rings (SSSR count). The van der Waals surface area contributed by atoms with E-state index in [4.69, 9.17) is 4.74 Å². The summed E-state index contributed by atoms with van der Waals surface area (Å²) >= 11 is 0. The predicted molar refractivity (Wildman–Crippen MR) is 69.2 cm³/mol. The van der Waals surface area contributed by atoms with Crippen LogP contribution in [0.15, 0.2) is 12.3 Å². The smallest absolute Gasteiger partial charge is 0.270 e. The zero-order valence-electron chi connectivity index (χ0n) is 10.7. The van der Waals surface area contributed by atoms with Crippen LogP contribution in [-0.4, -0.2) is 36.1 Å². The summed E-state index contributed by atoms with van der Waals surface area (Å²) in [5.74, 6) is 1.49. The largest absolute Gasteiger partial charge is 0.491 e. The van der Waals surface area contributed by atoms with E-state index in [0.717, 1.165) is 36.6 Å². The average Bonchev–Trinajstić information content (AvgIpc) is 3.13. The first-order chi connectivity index (χ1) is 9.29. The lowest BCUT2D eigenvalue weighted by Gasteiger charge is -2.23. The highest BCUT2D eigenvalue weighted by atomic mass is 16.5. The fourth-order valence-electron chi connectivity index (χ4n) is 3.46. The molecular weight excluding hydrogens is 242 g/mol. The van der Waals surface area contributed by atoms with Crippen molar-refractivity contribution in [1.82, 2.24) is 15.6 Å². The molecule has 0 radical (unpaired) electrons. The number of hydrogen-bond acceptors (Lipinski definition) is 4. The van der Waals surface area contributed by atoms with Crippen LogP contribution in [0.1, 0.15) is 28.9 Å². The molecule has 100 valence electrons. The lowest BCUT2D eigenvalue weighted by atomic mass is 10.1. The van der Waals surface area contributed by atoms with Gasteiger partial charge in [-0.05, 0) is 31.4 Å². The van der Waals surface area contributed by atoms with Crippen molar-refractivity contribution in [3.05, 3.63) is 23.5 Å². The van der Waals surface area contributed by atoms with E-state index < -0.39 is 0 Å². The number of rotatable bonds is 2. The van der Waals surface area contributed by atoms with Crippen LogP contribution in [0.2, 0.25) is 0 Å². The molecule has 1 saturated heterocycles. The van der Waals surface area contributed by atoms with E-state index in [1.54, 1.807) is 6.20 Å². The average molecular weight is 259 g/mol. The van der Waals surface area contributed by atoms with Crippen molar-refractivity contribution in [3.63, 3.8) is 0 Å². The van der Waals surface area contributed by atoms with Crippen LogP contribution < -0.4 is 15.4 Å². The minimum Gasteiger partial charge on any atom is -0.491 e. The molecule has 5 heteroatoms. The lowest BCUT2D eigenvalue weighted by molar-refractivity contribution is 0.0923. The standard InChI is InChI=1S/C14H17N3O2/c18-14(17-11-4-8-3-10(11)15-6-8)12-5-9-1-2-19-13(9)7-16-12/h5,7-8,10-11,15H,1-4,6H2,(H,17,18). The van der Waals surface area contributed by atoms with Gasteiger partial charge in [-0.2, -0.15) is 0 Å². The third kappa shape index (κ3) is 1.89. The maximum absolute atomic E-state index is 12.2. The maximum atomic E-state index is 12.2. The second-order valence-corrected chi connectivity index (χ2v) is 5.71. The summed E-state index contributed by atoms with van der Waals surface area (Å²) in [6.45, 7) is 1.80. The molecule has 2 aliphatic heterocycles. The van der Waals surface area contributed by atoms with Crippen LogP contribution in [-0.2, 0) is 6.42 Å². The summed E-state index contributed by atoms with van der Waals surface area (Å²) in [6, 6.07) is 2.57. The molecule has 1 aromatic rings. The van der Waals surface area contributed by atoms with Gasteiger partial charge in [0, 0.05) is 24.1 Å². The van der Waals surface area contributed by atoms with Crippen LogP contribution in [0.4, 0.5) is 0 Å². The summed E-state index contributed by atoms with van der Waals surface area (Å²) in [6.07, 6.45) is 4.82. The van der Waals surface area contributed by atoms with Gasteiger partial charge in [-0.25, -0.2) is 4.98 Å². The number of carbonyl (C=O) groups is 1. The topological polar surface area (TPSA) is 63.2 Å². The van der Waals surface area contributed by atoms with Crippen LogP contribution in [0.25, 0.3) is 0 Å². The van der Waals surface area contributed by atoms with Crippen LogP contribution in [0.5, 0.6) is 5.75 Å². The van der Waals surface area contributed by atoms with Crippen molar-refractivity contribution < 1.29 is 9.53 Å². The van der Waals surface area contributed by atoms with E-state index in [1.165, 1.54) is 6.42 Å². The van der Waals surface area contributed by atoms with Gasteiger partial charge in [0.05, 0.1) is 12.8 Å². The van der Waals surface area contributed by atoms with Crippen LogP contribution in [0.3, 0.4) is 0 Å². The van der Waals surface area contributed by atoms with Gasteiger partial charge in [0.15, 0.2) is 0 Å². The van der Waals surface area contributed by atoms with Gasteiger partial charge < -0.3 is 15.4 Å². The van der Waals surface area contributed by atoms with Crippen molar-refractivity contribution >= 4 is 5.91 Å². The Kier molecular flexibility index (Phi) is 2.48. The van der Waals surface area contributed by atoms with Gasteiger partial charge in [-0.15, -0.1) is 0 Å². The number of nitrogens with zero attached hydrogens (tertiary/aromatic N) is 1. The van der Waals surface area contributed by atoms with Gasteiger partial charge in [-0.1, -0.05) is 0 Å². The van der Waals surface area contributed by atoms with E-state index in [9.17, 15) is 4.79 Å². The second kappa shape index (κ2) is 4.20. The number of carbonyl (C=O) groups excluding carboxylic acids is 1. The van der Waals surface area contributed by atoms with Crippen LogP contribution in [0, 0.1) is 5.92 Å². The molecule has 2 bridgehead atoms. The zero-order valence-corrected chi connectivity index (χ0v) is 10.7. The molecule has 0 aromatic carbocycles. The summed E-state index contributed by atoms with van der Waals surface area (Å²) in [5, 5.41) is 6.56. The third-order valence-electron chi connectivity index (χ3n) is 4.46. The minimum atomic E-state index is -0.0611. The summed E-state index contributed by atoms with van der Waals surface area (Å²) in [5.41, 5.74) is 1.60. The monoisotopic (exact) mass is 259 g/mol. The van der Waals surface area contributed by atoms with Crippen molar-refractivity contribution in [1.29, 1.82) is 0 Å². The van der Waals surface area contributed by atoms with Gasteiger partial charge in [0.2, 0.25) is 0 Å². The predicted octanol–water partition coefficient (Wildman–Crippen LogP) is 0.497. The van der Waals surface area contributed by atoms with Gasteiger partial charge in [0.1, 0.15) is 11.4 Å². The Morgan fingerprint density at radius 3 is 3.21 bits per heavy atom. The normalized spacial score (nSPS) is 31.1. The molecule has 1 saturated carbocycles. The number of piperidine rings is 1. The molecule has 19 heavy (non-hydrogen) atoms. The van der Waals surface area contributed by atoms with E-state index in [0.29, 0.717) is 18.3 Å². The van der Waals surface area contributed by atoms with E-state index in [1.807, 2.05) is 6.07 Å². The Morgan fingerprint density at radius 2 is 2.42 bits per heavy atom. The minimum absolute atomic E-state index is 0.0611. The molecule has 3 unspecified atom stereocenters. The molecule has 1 aromatic heterocycles. The number of pyridine rings is 1. The van der Waals surface area contributed by atoms with Crippen molar-refractivity contribution in [2.75, 3.05) is 13.2 Å². The summed E-state index contributed by atoms with van der Waals surface area (Å²) in [7, 11) is 0. The number of ether oxygens (including phenoxy) is 1. The van der Waals surface area contributed by atoms with Gasteiger partial charge in [0.25, 0.3) is 5.91 Å². The molecule has 3 heterocycles. The van der Waals surface area contributed by atoms with Gasteiger partial charge >= 0.3 is 0 Å². The van der Waals surface area contributed by atoms with Crippen molar-refractivity contribution in [3.8, 4) is 5.75 Å². The van der Waals surface area contributed by atoms with Crippen molar-refractivity contribution in [2.24, 2.45) is 5.92 Å². The number of aromatic nitrogens is 1. The molecule has 2 fully saturated rings. The van der Waals surface area contributed by atoms with Gasteiger partial charge in [-0.3, -0.25) is 4.79 Å². The van der Waals surface area contributed by atoms with Crippen LogP contribution >= 0.6 is 0 Å². The Balaban J connectivity index is 1.48. The van der Waals surface area contributed by atoms with Crippen molar-refractivity contribution in [2.45, 2.75) is 31.3 Å². The molecule has 1 aliphatic carbocycles. The number of fused-ring (bicyclic) bond motifs is 3. The van der Waals surface area contributed by atoms with E-state index in [-0.39, 0.29) is 11.9 Å². The third-order valence-corrected chi connectivity index (χ3v) is 4.46. The summed E-state index contributed by atoms with van der Waals surface area (Å²) < 4.78 is 5.40. The van der Waals surface area contributed by atoms with E-state index in [2.05, 4.69) is 15.6 Å². The maximum Gasteiger partial charge on any atom is 0.270 e. The molecule has 5 nitrogen and oxygen atoms in total. The first-order valence-corrected chi connectivity index (χ1v) is 6.95. The second-order valence-electron chi connectivity index (χ2n) is 5.71. The quantitative estimate of drug-likeness (QED) is 0.811. The number of hydrogen-bond donors (Lipinski definition) is 2. The Hall–Kier alpha value is -1.62. The molecule has 0 spiro atoms. The highest BCUT2D eigenvalue weighted by Gasteiger charge is 2.40. The molecule has 1 amide bonds. The first kappa shape index (κ1) is 11.2. The Morgan fingerprint density at radius 1 is 1.47 bits per heavy atom. The first-order valence-electron chi connectivity index (χ1n) is 6.95. The Bertz CT molecular complexity index is 531. The fraction of sp³-hybridized carbons (Fsp3) is 0.571. The molecular formula is C14H17N3O2. The molecule has 2 N–H and O–H groups in total. The molecule has 3 atom stereocenters. The zero-order chi connectivity index (χ0) is 12.8. The Labute approximate surface area is 111 Å². The highest BCUT2D eigenvalue weighted by molar-refractivity contribution is 5.92. The highest BCUT2D eigenvalue weighted by Crippen LogP contribution is 2.31.